The van der Waals surface area contributed by atoms with Crippen LogP contribution in [0.4, 0.5) is 5.69 Å². The zero-order chi connectivity index (χ0) is 12.6. The van der Waals surface area contributed by atoms with Gasteiger partial charge in [0.1, 0.15) is 0 Å². The molecule has 1 fully saturated rings. The summed E-state index contributed by atoms with van der Waals surface area (Å²) in [5, 5.41) is 0.638. The first-order valence-electron chi connectivity index (χ1n) is 5.25. The van der Waals surface area contributed by atoms with Gasteiger partial charge < -0.3 is 4.90 Å². The van der Waals surface area contributed by atoms with Gasteiger partial charge in [0, 0.05) is 29.0 Å². The number of hydrogen-bond acceptors (Lipinski definition) is 1. The molecular weight excluding hydrogens is 302 g/mol. The molecule has 1 atom stereocenters. The van der Waals surface area contributed by atoms with Crippen LogP contribution < -0.4 is 4.90 Å². The molecule has 1 aromatic rings. The first kappa shape index (κ1) is 12.5. The summed E-state index contributed by atoms with van der Waals surface area (Å²) in [7, 11) is 0. The molecule has 0 aromatic heterocycles. The van der Waals surface area contributed by atoms with Gasteiger partial charge in [0.05, 0.1) is 5.02 Å². The molecule has 1 aromatic carbocycles. The summed E-state index contributed by atoms with van der Waals surface area (Å²) in [6, 6.07) is 3.74. The maximum atomic E-state index is 11.9. The summed E-state index contributed by atoms with van der Waals surface area (Å²) in [5.41, 5.74) is 1.74. The summed E-state index contributed by atoms with van der Waals surface area (Å²) in [6.07, 6.45) is 5.79. The van der Waals surface area contributed by atoms with Crippen molar-refractivity contribution in [2.75, 3.05) is 11.4 Å². The Morgan fingerprint density at radius 2 is 2.29 bits per heavy atom. The van der Waals surface area contributed by atoms with Gasteiger partial charge in [-0.1, -0.05) is 11.6 Å². The molecule has 4 heteroatoms. The number of terminal acetylenes is 1. The van der Waals surface area contributed by atoms with E-state index in [4.69, 9.17) is 18.0 Å². The van der Waals surface area contributed by atoms with Crippen molar-refractivity contribution in [3.63, 3.8) is 0 Å². The quantitative estimate of drug-likeness (QED) is 0.728. The first-order chi connectivity index (χ1) is 8.04. The molecule has 1 aliphatic heterocycles. The highest BCUT2D eigenvalue weighted by Crippen LogP contribution is 2.35. The summed E-state index contributed by atoms with van der Waals surface area (Å²) in [6.45, 7) is 2.48. The van der Waals surface area contributed by atoms with Crippen molar-refractivity contribution in [2.24, 2.45) is 5.92 Å². The van der Waals surface area contributed by atoms with E-state index in [1.54, 1.807) is 4.90 Å². The number of hydrogen-bond donors (Lipinski definition) is 0. The normalized spacial score (nSPS) is 19.5. The number of amides is 1. The molecule has 1 aliphatic rings. The van der Waals surface area contributed by atoms with Crippen LogP contribution in [0.25, 0.3) is 0 Å². The number of rotatable bonds is 1. The van der Waals surface area contributed by atoms with Crippen LogP contribution in [0.5, 0.6) is 0 Å². The Bertz CT molecular complexity index is 521. The van der Waals surface area contributed by atoms with Gasteiger partial charge in [0.15, 0.2) is 0 Å². The van der Waals surface area contributed by atoms with E-state index in [1.807, 2.05) is 19.1 Å². The van der Waals surface area contributed by atoms with E-state index in [0.717, 1.165) is 15.7 Å². The van der Waals surface area contributed by atoms with E-state index in [-0.39, 0.29) is 11.8 Å². The van der Waals surface area contributed by atoms with Gasteiger partial charge in [-0.2, -0.15) is 0 Å². The molecule has 1 unspecified atom stereocenters. The largest absolute Gasteiger partial charge is 0.311 e. The Morgan fingerprint density at radius 3 is 2.88 bits per heavy atom. The van der Waals surface area contributed by atoms with Crippen LogP contribution in [0.15, 0.2) is 16.6 Å². The molecule has 0 saturated carbocycles. The Balaban J connectivity index is 2.40. The van der Waals surface area contributed by atoms with E-state index in [1.165, 1.54) is 0 Å². The average Bonchev–Trinajstić information content (AvgIpc) is 2.68. The van der Waals surface area contributed by atoms with Crippen LogP contribution in [0.1, 0.15) is 12.0 Å². The number of halogens is 2. The number of benzene rings is 1. The third-order valence-electron chi connectivity index (χ3n) is 2.96. The fraction of sp³-hybridized carbons (Fsp3) is 0.308. The van der Waals surface area contributed by atoms with Gasteiger partial charge in [-0.15, -0.1) is 12.3 Å². The molecule has 2 rings (SSSR count). The molecule has 17 heavy (non-hydrogen) atoms. The van der Waals surface area contributed by atoms with Crippen molar-refractivity contribution in [2.45, 2.75) is 13.3 Å². The zero-order valence-electron chi connectivity index (χ0n) is 9.34. The molecule has 0 radical (unpaired) electrons. The van der Waals surface area contributed by atoms with Crippen molar-refractivity contribution in [3.8, 4) is 12.3 Å². The van der Waals surface area contributed by atoms with Gasteiger partial charge in [-0.3, -0.25) is 4.79 Å². The summed E-state index contributed by atoms with van der Waals surface area (Å²) in [4.78, 5) is 13.6. The van der Waals surface area contributed by atoms with Crippen LogP contribution >= 0.6 is 27.5 Å². The Morgan fingerprint density at radius 1 is 1.59 bits per heavy atom. The molecule has 2 nitrogen and oxygen atoms in total. The minimum Gasteiger partial charge on any atom is -0.311 e. The maximum Gasteiger partial charge on any atom is 0.228 e. The predicted molar refractivity (Wildman–Crippen MR) is 73.2 cm³/mol. The highest BCUT2D eigenvalue weighted by molar-refractivity contribution is 9.10. The molecule has 0 spiro atoms. The van der Waals surface area contributed by atoms with Gasteiger partial charge >= 0.3 is 0 Å². The van der Waals surface area contributed by atoms with E-state index in [9.17, 15) is 4.79 Å². The third-order valence-corrected chi connectivity index (χ3v) is 4.34. The molecule has 0 bridgehead atoms. The number of carbonyl (C=O) groups excluding carboxylic acids is 1. The lowest BCUT2D eigenvalue weighted by Gasteiger charge is -2.19. The third kappa shape index (κ3) is 2.20. The van der Waals surface area contributed by atoms with Crippen molar-refractivity contribution in [3.05, 3.63) is 27.2 Å². The second kappa shape index (κ2) is 4.72. The summed E-state index contributed by atoms with van der Waals surface area (Å²) >= 11 is 9.52. The highest BCUT2D eigenvalue weighted by Gasteiger charge is 2.30. The highest BCUT2D eigenvalue weighted by atomic mass is 79.9. The molecule has 1 amide bonds. The topological polar surface area (TPSA) is 20.3 Å². The van der Waals surface area contributed by atoms with Crippen molar-refractivity contribution < 1.29 is 4.79 Å². The summed E-state index contributed by atoms with van der Waals surface area (Å²) < 4.78 is 0.834. The van der Waals surface area contributed by atoms with Crippen LogP contribution in [0, 0.1) is 25.2 Å². The Kier molecular flexibility index (Phi) is 3.46. The molecule has 0 N–H and O–H groups in total. The van der Waals surface area contributed by atoms with E-state index < -0.39 is 0 Å². The fourth-order valence-electron chi connectivity index (χ4n) is 1.99. The second-order valence-electron chi connectivity index (χ2n) is 4.08. The second-order valence-corrected chi connectivity index (χ2v) is 5.31. The van der Waals surface area contributed by atoms with Crippen LogP contribution in [0.2, 0.25) is 5.02 Å². The van der Waals surface area contributed by atoms with Crippen molar-refractivity contribution >= 4 is 39.1 Å². The fourth-order valence-corrected chi connectivity index (χ4v) is 2.58. The Labute approximate surface area is 114 Å². The molecular formula is C13H11BrClNO. The van der Waals surface area contributed by atoms with Crippen LogP contribution in [-0.2, 0) is 4.79 Å². The monoisotopic (exact) mass is 311 g/mol. The van der Waals surface area contributed by atoms with Gasteiger partial charge in [0.2, 0.25) is 5.91 Å². The lowest BCUT2D eigenvalue weighted by molar-refractivity contribution is -0.117. The van der Waals surface area contributed by atoms with Crippen LogP contribution in [-0.4, -0.2) is 12.5 Å². The van der Waals surface area contributed by atoms with Crippen molar-refractivity contribution in [1.82, 2.24) is 0 Å². The molecule has 1 saturated heterocycles. The minimum atomic E-state index is 0.00400. The van der Waals surface area contributed by atoms with Gasteiger partial charge in [-0.25, -0.2) is 0 Å². The van der Waals surface area contributed by atoms with E-state index in [0.29, 0.717) is 18.0 Å². The number of anilines is 1. The van der Waals surface area contributed by atoms with Crippen molar-refractivity contribution in [1.29, 1.82) is 0 Å². The molecule has 88 valence electrons. The Hall–Kier alpha value is -0.980. The number of carbonyl (C=O) groups is 1. The lowest BCUT2D eigenvalue weighted by Crippen LogP contribution is -2.25. The van der Waals surface area contributed by atoms with Crippen LogP contribution in [0.3, 0.4) is 0 Å². The smallest absolute Gasteiger partial charge is 0.228 e. The average molecular weight is 313 g/mol. The SMILES string of the molecule is C#CC1CC(=O)N(c2ccc(Br)c(Cl)c2C)C1. The minimum absolute atomic E-state index is 0.00400. The standard InChI is InChI=1S/C13H11BrClNO/c1-3-9-6-12(17)16(7-9)11-5-4-10(14)13(15)8(11)2/h1,4-5,9H,6-7H2,2H3. The zero-order valence-corrected chi connectivity index (χ0v) is 11.7. The number of nitrogens with zero attached hydrogens (tertiary/aromatic N) is 1. The predicted octanol–water partition coefficient (Wildman–Crippen LogP) is 3.40. The first-order valence-corrected chi connectivity index (χ1v) is 6.42. The van der Waals surface area contributed by atoms with E-state index in [2.05, 4.69) is 21.9 Å². The molecule has 0 aliphatic carbocycles. The maximum absolute atomic E-state index is 11.9. The summed E-state index contributed by atoms with van der Waals surface area (Å²) in [5.74, 6) is 2.70. The van der Waals surface area contributed by atoms with Gasteiger partial charge in [-0.05, 0) is 40.5 Å². The lowest BCUT2D eigenvalue weighted by atomic mass is 10.1. The molecule has 1 heterocycles. The van der Waals surface area contributed by atoms with Gasteiger partial charge in [0.25, 0.3) is 0 Å². The van der Waals surface area contributed by atoms with E-state index >= 15 is 0 Å².